The molecule has 0 bridgehead atoms. The predicted octanol–water partition coefficient (Wildman–Crippen LogP) is 2.93. The molecule has 0 spiro atoms. The second-order valence-corrected chi connectivity index (χ2v) is 15.2. The Morgan fingerprint density at radius 2 is 1.38 bits per heavy atom. The fourth-order valence-corrected chi connectivity index (χ4v) is 6.13. The van der Waals surface area contributed by atoms with Crippen LogP contribution in [0.4, 0.5) is 0 Å². The molecule has 0 radical (unpaired) electrons. The number of aromatic hydroxyl groups is 1. The minimum absolute atomic E-state index is 0.0922. The number of ether oxygens (including phenoxy) is 1. The summed E-state index contributed by atoms with van der Waals surface area (Å²) in [5.74, 6) is -0.438. The summed E-state index contributed by atoms with van der Waals surface area (Å²) in [6, 6.07) is 0. The SMILES string of the molecule is CC(C)(C)[Se]C1=CC(=Cc2c(O)c(=O)c2=O)C=C([Se]C(C)(C)C)O1. The second kappa shape index (κ2) is 6.68. The normalized spacial score (nSPS) is 15.8. The van der Waals surface area contributed by atoms with E-state index in [1.165, 1.54) is 0 Å². The van der Waals surface area contributed by atoms with Gasteiger partial charge < -0.3 is 0 Å². The van der Waals surface area contributed by atoms with Gasteiger partial charge in [0.15, 0.2) is 0 Å². The maximum absolute atomic E-state index is 11.6. The molecule has 4 nitrogen and oxygen atoms in total. The van der Waals surface area contributed by atoms with Crippen LogP contribution >= 0.6 is 0 Å². The molecular formula is C18H22O4Se2. The molecule has 0 amide bonds. The quantitative estimate of drug-likeness (QED) is 0.557. The fraction of sp³-hybridized carbons (Fsp3) is 0.444. The van der Waals surface area contributed by atoms with Crippen LogP contribution in [0.1, 0.15) is 47.1 Å². The molecule has 0 saturated heterocycles. The molecule has 1 aromatic rings. The Bertz CT molecular complexity index is 774. The summed E-state index contributed by atoms with van der Waals surface area (Å²) in [4.78, 5) is 22.8. The van der Waals surface area contributed by atoms with Crippen molar-refractivity contribution in [1.29, 1.82) is 0 Å². The molecule has 1 heterocycles. The van der Waals surface area contributed by atoms with E-state index in [2.05, 4.69) is 41.5 Å². The molecule has 1 aliphatic heterocycles. The van der Waals surface area contributed by atoms with E-state index < -0.39 is 16.6 Å². The zero-order valence-electron chi connectivity index (χ0n) is 14.7. The van der Waals surface area contributed by atoms with Crippen LogP contribution in [0.2, 0.25) is 8.63 Å². The van der Waals surface area contributed by atoms with Gasteiger partial charge in [-0.25, -0.2) is 0 Å². The van der Waals surface area contributed by atoms with E-state index in [1.807, 2.05) is 12.2 Å². The maximum atomic E-state index is 11.6. The van der Waals surface area contributed by atoms with Gasteiger partial charge in [-0.3, -0.25) is 0 Å². The van der Waals surface area contributed by atoms with Crippen LogP contribution in [0.15, 0.2) is 36.6 Å². The second-order valence-electron chi connectivity index (χ2n) is 7.52. The van der Waals surface area contributed by atoms with E-state index in [1.54, 1.807) is 6.08 Å². The Morgan fingerprint density at radius 3 is 1.75 bits per heavy atom. The molecule has 1 N–H and O–H groups in total. The first-order valence-corrected chi connectivity index (χ1v) is 11.0. The van der Waals surface area contributed by atoms with Gasteiger partial charge in [-0.15, -0.1) is 0 Å². The molecule has 0 aliphatic carbocycles. The van der Waals surface area contributed by atoms with Crippen molar-refractivity contribution in [3.63, 3.8) is 0 Å². The molecule has 0 saturated carbocycles. The van der Waals surface area contributed by atoms with Crippen molar-refractivity contribution in [1.82, 2.24) is 0 Å². The van der Waals surface area contributed by atoms with E-state index in [4.69, 9.17) is 4.74 Å². The Morgan fingerprint density at radius 1 is 0.917 bits per heavy atom. The summed E-state index contributed by atoms with van der Waals surface area (Å²) in [5, 5.41) is 9.58. The van der Waals surface area contributed by atoms with Crippen molar-refractivity contribution in [3.8, 4) is 5.75 Å². The Balaban J connectivity index is 2.39. The third-order valence-corrected chi connectivity index (χ3v) is 7.07. The zero-order valence-corrected chi connectivity index (χ0v) is 18.1. The van der Waals surface area contributed by atoms with Crippen LogP contribution < -0.4 is 10.9 Å². The summed E-state index contributed by atoms with van der Waals surface area (Å²) in [5.41, 5.74) is -0.542. The van der Waals surface area contributed by atoms with Crippen molar-refractivity contribution < 1.29 is 9.84 Å². The molecule has 24 heavy (non-hydrogen) atoms. The first kappa shape index (κ1) is 19.3. The molecule has 1 aliphatic rings. The summed E-state index contributed by atoms with van der Waals surface area (Å²) in [7, 11) is 0. The Kier molecular flexibility index (Phi) is 5.36. The van der Waals surface area contributed by atoms with Gasteiger partial charge in [-0.2, -0.15) is 0 Å². The molecule has 0 unspecified atom stereocenters. The number of hydrogen-bond acceptors (Lipinski definition) is 4. The van der Waals surface area contributed by atoms with Crippen LogP contribution in [0.3, 0.4) is 0 Å². The standard InChI is InChI=1S/C18H22O4Se2/c1-17(2,3)23-12-8-10(7-11-14(19)16(21)15(11)20)9-13(22-12)24-18(4,5)6/h7-9,19H,1-6H3. The average Bonchev–Trinajstić information content (AvgIpc) is 2.39. The van der Waals surface area contributed by atoms with Gasteiger partial charge in [0.05, 0.1) is 0 Å². The molecule has 1 aromatic carbocycles. The van der Waals surface area contributed by atoms with Crippen molar-refractivity contribution in [2.45, 2.75) is 50.2 Å². The van der Waals surface area contributed by atoms with Gasteiger partial charge in [-0.1, -0.05) is 0 Å². The summed E-state index contributed by atoms with van der Waals surface area (Å²) in [6.45, 7) is 13.0. The van der Waals surface area contributed by atoms with Crippen LogP contribution in [0.5, 0.6) is 5.75 Å². The average molecular weight is 460 g/mol. The number of rotatable bonds is 3. The summed E-state index contributed by atoms with van der Waals surface area (Å²) in [6.07, 6.45) is 5.40. The molecule has 6 heteroatoms. The van der Waals surface area contributed by atoms with Crippen molar-refractivity contribution in [2.24, 2.45) is 0 Å². The minimum atomic E-state index is -0.805. The van der Waals surface area contributed by atoms with E-state index in [9.17, 15) is 14.7 Å². The van der Waals surface area contributed by atoms with Gasteiger partial charge in [0.25, 0.3) is 0 Å². The van der Waals surface area contributed by atoms with Crippen molar-refractivity contribution in [3.05, 3.63) is 53.1 Å². The molecular weight excluding hydrogens is 438 g/mol. The fourth-order valence-electron chi connectivity index (χ4n) is 1.96. The monoisotopic (exact) mass is 462 g/mol. The van der Waals surface area contributed by atoms with Crippen molar-refractivity contribution in [2.75, 3.05) is 0 Å². The van der Waals surface area contributed by atoms with Gasteiger partial charge in [0.1, 0.15) is 0 Å². The van der Waals surface area contributed by atoms with Crippen LogP contribution in [0.25, 0.3) is 6.08 Å². The Hall–Kier alpha value is -1.06. The van der Waals surface area contributed by atoms with E-state index in [0.717, 1.165) is 14.9 Å². The third kappa shape index (κ3) is 4.97. The number of allylic oxidation sites excluding steroid dienone is 3. The van der Waals surface area contributed by atoms with E-state index in [-0.39, 0.29) is 44.1 Å². The van der Waals surface area contributed by atoms with Gasteiger partial charge in [0, 0.05) is 0 Å². The molecule has 2 rings (SSSR count). The number of hydrogen-bond donors (Lipinski definition) is 1. The van der Waals surface area contributed by atoms with E-state index in [0.29, 0.717) is 0 Å². The topological polar surface area (TPSA) is 63.6 Å². The van der Waals surface area contributed by atoms with Gasteiger partial charge >= 0.3 is 155 Å². The van der Waals surface area contributed by atoms with Crippen LogP contribution in [0, 0.1) is 0 Å². The Labute approximate surface area is 154 Å². The first-order chi connectivity index (χ1) is 10.9. The van der Waals surface area contributed by atoms with Crippen LogP contribution in [-0.2, 0) is 4.74 Å². The third-order valence-electron chi connectivity index (χ3n) is 2.82. The zero-order chi connectivity index (χ0) is 18.3. The van der Waals surface area contributed by atoms with E-state index >= 15 is 0 Å². The van der Waals surface area contributed by atoms with Crippen molar-refractivity contribution >= 4 is 36.0 Å². The molecule has 0 aromatic heterocycles. The van der Waals surface area contributed by atoms with Gasteiger partial charge in [-0.05, 0) is 0 Å². The molecule has 0 fully saturated rings. The van der Waals surface area contributed by atoms with Gasteiger partial charge in [0.2, 0.25) is 0 Å². The summed E-state index contributed by atoms with van der Waals surface area (Å²) >= 11 is 0.269. The summed E-state index contributed by atoms with van der Waals surface area (Å²) < 4.78 is 8.15. The van der Waals surface area contributed by atoms with Crippen LogP contribution in [-0.4, -0.2) is 35.0 Å². The molecule has 0 atom stereocenters. The molecule has 130 valence electrons. The first-order valence-electron chi connectivity index (χ1n) is 7.59. The predicted molar refractivity (Wildman–Crippen MR) is 99.2 cm³/mol.